The second kappa shape index (κ2) is 5.75. The summed E-state index contributed by atoms with van der Waals surface area (Å²) in [6, 6.07) is 9.92. The van der Waals surface area contributed by atoms with Gasteiger partial charge in [0.05, 0.1) is 12.1 Å². The summed E-state index contributed by atoms with van der Waals surface area (Å²) < 4.78 is 3.08. The van der Waals surface area contributed by atoms with Gasteiger partial charge < -0.3 is 0 Å². The van der Waals surface area contributed by atoms with Crippen molar-refractivity contribution in [1.82, 2.24) is 19.5 Å². The molecule has 0 unspecified atom stereocenters. The molecule has 0 spiro atoms. The Morgan fingerprint density at radius 3 is 2.96 bits per heavy atom. The van der Waals surface area contributed by atoms with Crippen molar-refractivity contribution in [2.24, 2.45) is 0 Å². The quantitative estimate of drug-likeness (QED) is 0.536. The van der Waals surface area contributed by atoms with Crippen LogP contribution < -0.4 is 5.56 Å². The van der Waals surface area contributed by atoms with Gasteiger partial charge in [0.15, 0.2) is 9.99 Å². The average Bonchev–Trinajstić information content (AvgIpc) is 3.02. The molecular weight excluding hydrogens is 328 g/mol. The summed E-state index contributed by atoms with van der Waals surface area (Å²) in [6.07, 6.45) is 5.28. The molecule has 114 valence electrons. The fraction of sp³-hybridized carbons (Fsp3) is 0.125. The van der Waals surface area contributed by atoms with Crippen LogP contribution in [-0.4, -0.2) is 25.8 Å². The van der Waals surface area contributed by atoms with Gasteiger partial charge in [-0.1, -0.05) is 36.0 Å². The van der Waals surface area contributed by atoms with E-state index in [1.54, 1.807) is 17.1 Å². The Balaban J connectivity index is 1.83. The fourth-order valence-electron chi connectivity index (χ4n) is 2.51. The topological polar surface area (TPSA) is 60.7 Å². The van der Waals surface area contributed by atoms with E-state index in [4.69, 9.17) is 0 Å². The minimum atomic E-state index is -0.0549. The molecule has 3 heterocycles. The maximum absolute atomic E-state index is 12.7. The predicted molar refractivity (Wildman–Crippen MR) is 94.3 cm³/mol. The van der Waals surface area contributed by atoms with Crippen molar-refractivity contribution in [3.8, 4) is 0 Å². The number of fused-ring (bicyclic) bond motifs is 2. The van der Waals surface area contributed by atoms with Crippen molar-refractivity contribution in [2.75, 3.05) is 6.26 Å². The van der Waals surface area contributed by atoms with Crippen LogP contribution in [0.5, 0.6) is 0 Å². The number of rotatable bonds is 3. The second-order valence-electron chi connectivity index (χ2n) is 5.01. The van der Waals surface area contributed by atoms with E-state index in [1.165, 1.54) is 23.1 Å². The highest BCUT2D eigenvalue weighted by Crippen LogP contribution is 2.24. The fourth-order valence-corrected chi connectivity index (χ4v) is 3.97. The van der Waals surface area contributed by atoms with Crippen molar-refractivity contribution in [3.63, 3.8) is 0 Å². The van der Waals surface area contributed by atoms with Gasteiger partial charge in [0.2, 0.25) is 0 Å². The lowest BCUT2D eigenvalue weighted by molar-refractivity contribution is 0.751. The second-order valence-corrected chi connectivity index (χ2v) is 7.06. The smallest absolute Gasteiger partial charge is 0.273 e. The summed E-state index contributed by atoms with van der Waals surface area (Å²) in [5.74, 6) is 0. The van der Waals surface area contributed by atoms with Crippen LogP contribution in [-0.2, 0) is 6.54 Å². The Morgan fingerprint density at radius 1 is 1.22 bits per heavy atom. The summed E-state index contributed by atoms with van der Waals surface area (Å²) in [5, 5.41) is 1.06. The van der Waals surface area contributed by atoms with Crippen LogP contribution in [0.3, 0.4) is 0 Å². The summed E-state index contributed by atoms with van der Waals surface area (Å²) in [7, 11) is 0. The molecule has 0 aliphatic carbocycles. The Hall–Kier alpha value is -2.25. The summed E-state index contributed by atoms with van der Waals surface area (Å²) in [6.45, 7) is 0.447. The third kappa shape index (κ3) is 2.51. The van der Waals surface area contributed by atoms with Gasteiger partial charge in [-0.25, -0.2) is 9.97 Å². The highest BCUT2D eigenvalue weighted by Gasteiger charge is 2.11. The van der Waals surface area contributed by atoms with Crippen LogP contribution in [0.15, 0.2) is 52.0 Å². The van der Waals surface area contributed by atoms with Gasteiger partial charge in [-0.15, -0.1) is 11.3 Å². The van der Waals surface area contributed by atoms with Gasteiger partial charge in [0.25, 0.3) is 5.56 Å². The van der Waals surface area contributed by atoms with E-state index in [9.17, 15) is 4.79 Å². The number of aromatic nitrogens is 4. The lowest BCUT2D eigenvalue weighted by atomic mass is 10.1. The number of nitrogens with zero attached hydrogens (tertiary/aromatic N) is 4. The molecule has 0 amide bonds. The Bertz CT molecular complexity index is 1070. The SMILES string of the molecule is CSc1nc2ncn(Cc3cccc4cccnc34)c(=O)c2s1. The van der Waals surface area contributed by atoms with Crippen LogP contribution in [0.1, 0.15) is 5.56 Å². The van der Waals surface area contributed by atoms with Gasteiger partial charge in [-0.05, 0) is 17.9 Å². The zero-order valence-corrected chi connectivity index (χ0v) is 13.9. The van der Waals surface area contributed by atoms with E-state index in [0.29, 0.717) is 16.9 Å². The average molecular weight is 340 g/mol. The molecule has 0 atom stereocenters. The minimum Gasteiger partial charge on any atom is -0.293 e. The van der Waals surface area contributed by atoms with Crippen LogP contribution in [0.2, 0.25) is 0 Å². The normalized spacial score (nSPS) is 11.3. The first-order chi connectivity index (χ1) is 11.3. The molecule has 1 aromatic carbocycles. The van der Waals surface area contributed by atoms with E-state index < -0.39 is 0 Å². The summed E-state index contributed by atoms with van der Waals surface area (Å²) in [4.78, 5) is 25.7. The zero-order valence-electron chi connectivity index (χ0n) is 12.3. The number of thioether (sulfide) groups is 1. The van der Waals surface area contributed by atoms with E-state index in [0.717, 1.165) is 20.8 Å². The van der Waals surface area contributed by atoms with Gasteiger partial charge in [-0.2, -0.15) is 0 Å². The molecule has 0 saturated heterocycles. The van der Waals surface area contributed by atoms with Crippen molar-refractivity contribution < 1.29 is 0 Å². The number of benzene rings is 1. The molecule has 23 heavy (non-hydrogen) atoms. The summed E-state index contributed by atoms with van der Waals surface area (Å²) in [5.41, 5.74) is 2.38. The Morgan fingerprint density at radius 2 is 2.09 bits per heavy atom. The summed E-state index contributed by atoms with van der Waals surface area (Å²) >= 11 is 2.92. The highest BCUT2D eigenvalue weighted by molar-refractivity contribution is 8.00. The lowest BCUT2D eigenvalue weighted by Crippen LogP contribution is -2.20. The standard InChI is InChI=1S/C16H12N4OS2/c1-22-16-19-14-13(23-16)15(21)20(9-18-14)8-11-5-2-4-10-6-3-7-17-12(10)11/h2-7,9H,8H2,1H3. The number of hydrogen-bond donors (Lipinski definition) is 0. The van der Waals surface area contributed by atoms with Crippen LogP contribution in [0.4, 0.5) is 0 Å². The molecule has 0 aliphatic rings. The van der Waals surface area contributed by atoms with Crippen molar-refractivity contribution in [1.29, 1.82) is 0 Å². The zero-order chi connectivity index (χ0) is 15.8. The van der Waals surface area contributed by atoms with Crippen LogP contribution >= 0.6 is 23.1 Å². The molecule has 0 radical (unpaired) electrons. The first kappa shape index (κ1) is 14.3. The number of hydrogen-bond acceptors (Lipinski definition) is 6. The van der Waals surface area contributed by atoms with E-state index in [-0.39, 0.29) is 5.56 Å². The molecule has 7 heteroatoms. The maximum atomic E-state index is 12.7. The third-order valence-electron chi connectivity index (χ3n) is 3.60. The van der Waals surface area contributed by atoms with Gasteiger partial charge >= 0.3 is 0 Å². The van der Waals surface area contributed by atoms with Gasteiger partial charge in [0.1, 0.15) is 11.0 Å². The number of para-hydroxylation sites is 1. The number of pyridine rings is 1. The van der Waals surface area contributed by atoms with Crippen LogP contribution in [0, 0.1) is 0 Å². The molecule has 4 aromatic rings. The van der Waals surface area contributed by atoms with Gasteiger partial charge in [0, 0.05) is 11.6 Å². The van der Waals surface area contributed by atoms with Crippen molar-refractivity contribution in [2.45, 2.75) is 10.9 Å². The van der Waals surface area contributed by atoms with Crippen molar-refractivity contribution in [3.05, 3.63) is 58.8 Å². The maximum Gasteiger partial charge on any atom is 0.273 e. The molecule has 0 N–H and O–H groups in total. The van der Waals surface area contributed by atoms with E-state index >= 15 is 0 Å². The first-order valence-electron chi connectivity index (χ1n) is 6.99. The van der Waals surface area contributed by atoms with Gasteiger partial charge in [-0.3, -0.25) is 14.3 Å². The molecule has 0 aliphatic heterocycles. The molecule has 4 rings (SSSR count). The monoisotopic (exact) mass is 340 g/mol. The van der Waals surface area contributed by atoms with E-state index in [2.05, 4.69) is 15.0 Å². The minimum absolute atomic E-state index is 0.0549. The molecule has 5 nitrogen and oxygen atoms in total. The molecule has 3 aromatic heterocycles. The highest BCUT2D eigenvalue weighted by atomic mass is 32.2. The third-order valence-corrected chi connectivity index (χ3v) is 5.61. The molecular formula is C16H12N4OS2. The number of thiazole rings is 1. The molecule has 0 bridgehead atoms. The molecule has 0 fully saturated rings. The lowest BCUT2D eigenvalue weighted by Gasteiger charge is -2.07. The van der Waals surface area contributed by atoms with Crippen molar-refractivity contribution >= 4 is 44.3 Å². The van der Waals surface area contributed by atoms with Crippen LogP contribution in [0.25, 0.3) is 21.3 Å². The largest absolute Gasteiger partial charge is 0.293 e. The Labute approximate surface area is 140 Å². The van der Waals surface area contributed by atoms with E-state index in [1.807, 2.05) is 36.6 Å². The first-order valence-corrected chi connectivity index (χ1v) is 9.03. The Kier molecular flexibility index (Phi) is 3.59. The predicted octanol–water partition coefficient (Wildman–Crippen LogP) is 3.17. The molecule has 0 saturated carbocycles.